The Morgan fingerprint density at radius 1 is 1.13 bits per heavy atom. The van der Waals surface area contributed by atoms with E-state index >= 15 is 0 Å². The molecule has 0 heterocycles. The third kappa shape index (κ3) is 6.28. The van der Waals surface area contributed by atoms with E-state index in [1.807, 2.05) is 31.2 Å². The summed E-state index contributed by atoms with van der Waals surface area (Å²) in [4.78, 5) is 0. The molecule has 0 unspecified atom stereocenters. The maximum atomic E-state index is 5.48. The van der Waals surface area contributed by atoms with Gasteiger partial charge in [-0.05, 0) is 56.6 Å². The zero-order chi connectivity index (χ0) is 16.5. The van der Waals surface area contributed by atoms with E-state index in [0.29, 0.717) is 11.7 Å². The summed E-state index contributed by atoms with van der Waals surface area (Å²) in [6.07, 6.45) is 2.10. The molecule has 2 N–H and O–H groups in total. The molecule has 0 aliphatic carbocycles. The lowest BCUT2D eigenvalue weighted by Gasteiger charge is -2.12. The highest BCUT2D eigenvalue weighted by atomic mass is 32.1. The van der Waals surface area contributed by atoms with Crippen LogP contribution in [0.4, 0.5) is 5.69 Å². The minimum Gasteiger partial charge on any atom is -0.494 e. The molecule has 0 fully saturated rings. The molecule has 0 radical (unpaired) electrons. The maximum Gasteiger partial charge on any atom is 0.170 e. The lowest BCUT2D eigenvalue weighted by Crippen LogP contribution is -2.29. The molecule has 0 bridgehead atoms. The molecule has 0 amide bonds. The van der Waals surface area contributed by atoms with Crippen LogP contribution in [0.5, 0.6) is 5.75 Å². The monoisotopic (exact) mass is 328 g/mol. The standard InChI is InChI=1S/C19H24N2OS/c1-3-22-18-11-5-10-17(14-18)21-19(23)20-12-6-9-16-8-4-7-15(2)13-16/h4-5,7-8,10-11,13-14H,3,6,9,12H2,1-2H3,(H2,20,21,23). The smallest absolute Gasteiger partial charge is 0.170 e. The number of benzene rings is 2. The molecule has 0 saturated carbocycles. The Morgan fingerprint density at radius 3 is 2.74 bits per heavy atom. The second-order valence-corrected chi connectivity index (χ2v) is 5.84. The van der Waals surface area contributed by atoms with Gasteiger partial charge in [-0.3, -0.25) is 0 Å². The van der Waals surface area contributed by atoms with Crippen LogP contribution >= 0.6 is 12.2 Å². The summed E-state index contributed by atoms with van der Waals surface area (Å²) in [5, 5.41) is 7.08. The van der Waals surface area contributed by atoms with Crippen LogP contribution in [0.3, 0.4) is 0 Å². The first-order chi connectivity index (χ1) is 11.2. The van der Waals surface area contributed by atoms with E-state index in [2.05, 4.69) is 41.8 Å². The van der Waals surface area contributed by atoms with Crippen molar-refractivity contribution in [2.24, 2.45) is 0 Å². The Hall–Kier alpha value is -2.07. The minimum absolute atomic E-state index is 0.642. The fraction of sp³-hybridized carbons (Fsp3) is 0.316. The fourth-order valence-electron chi connectivity index (χ4n) is 2.37. The van der Waals surface area contributed by atoms with Crippen LogP contribution in [0.25, 0.3) is 0 Å². The van der Waals surface area contributed by atoms with Gasteiger partial charge in [0.05, 0.1) is 6.61 Å². The van der Waals surface area contributed by atoms with Crippen molar-refractivity contribution in [1.29, 1.82) is 0 Å². The van der Waals surface area contributed by atoms with E-state index in [9.17, 15) is 0 Å². The summed E-state index contributed by atoms with van der Waals surface area (Å²) in [7, 11) is 0. The van der Waals surface area contributed by atoms with Gasteiger partial charge in [0.15, 0.2) is 5.11 Å². The van der Waals surface area contributed by atoms with Crippen molar-refractivity contribution in [3.8, 4) is 5.75 Å². The van der Waals surface area contributed by atoms with Gasteiger partial charge in [-0.15, -0.1) is 0 Å². The number of nitrogens with one attached hydrogen (secondary N) is 2. The van der Waals surface area contributed by atoms with Crippen molar-refractivity contribution in [3.63, 3.8) is 0 Å². The van der Waals surface area contributed by atoms with Crippen LogP contribution in [0, 0.1) is 6.92 Å². The number of hydrogen-bond acceptors (Lipinski definition) is 2. The number of ether oxygens (including phenoxy) is 1. The minimum atomic E-state index is 0.642. The summed E-state index contributed by atoms with van der Waals surface area (Å²) < 4.78 is 5.48. The van der Waals surface area contributed by atoms with Crippen molar-refractivity contribution >= 4 is 23.0 Å². The predicted molar refractivity (Wildman–Crippen MR) is 101 cm³/mol. The molecule has 2 aromatic rings. The second-order valence-electron chi connectivity index (χ2n) is 5.43. The Kier molecular flexibility index (Phi) is 6.88. The van der Waals surface area contributed by atoms with Crippen molar-refractivity contribution < 1.29 is 4.74 Å². The van der Waals surface area contributed by atoms with Gasteiger partial charge in [-0.2, -0.15) is 0 Å². The van der Waals surface area contributed by atoms with E-state index < -0.39 is 0 Å². The predicted octanol–water partition coefficient (Wildman–Crippen LogP) is 4.31. The number of rotatable bonds is 7. The molecule has 23 heavy (non-hydrogen) atoms. The third-order valence-corrected chi connectivity index (χ3v) is 3.66. The van der Waals surface area contributed by atoms with E-state index in [1.54, 1.807) is 0 Å². The van der Waals surface area contributed by atoms with Crippen LogP contribution in [0.2, 0.25) is 0 Å². The number of aryl methyl sites for hydroxylation is 2. The van der Waals surface area contributed by atoms with Gasteiger partial charge in [-0.25, -0.2) is 0 Å². The van der Waals surface area contributed by atoms with E-state index in [-0.39, 0.29) is 0 Å². The fourth-order valence-corrected chi connectivity index (χ4v) is 2.59. The van der Waals surface area contributed by atoms with Crippen LogP contribution in [0.15, 0.2) is 48.5 Å². The molecule has 122 valence electrons. The Morgan fingerprint density at radius 2 is 1.96 bits per heavy atom. The molecule has 0 aliphatic heterocycles. The lowest BCUT2D eigenvalue weighted by atomic mass is 10.1. The maximum absolute atomic E-state index is 5.48. The average Bonchev–Trinajstić information content (AvgIpc) is 2.52. The van der Waals surface area contributed by atoms with E-state index in [0.717, 1.165) is 30.8 Å². The molecule has 0 aromatic heterocycles. The highest BCUT2D eigenvalue weighted by molar-refractivity contribution is 7.80. The first-order valence-electron chi connectivity index (χ1n) is 8.00. The van der Waals surface area contributed by atoms with Gasteiger partial charge < -0.3 is 15.4 Å². The van der Waals surface area contributed by atoms with Gasteiger partial charge in [0.2, 0.25) is 0 Å². The molecule has 0 spiro atoms. The first-order valence-corrected chi connectivity index (χ1v) is 8.41. The van der Waals surface area contributed by atoms with Crippen molar-refractivity contribution in [2.45, 2.75) is 26.7 Å². The number of thiocarbonyl (C=S) groups is 1. The zero-order valence-corrected chi connectivity index (χ0v) is 14.6. The summed E-state index contributed by atoms with van der Waals surface area (Å²) in [6.45, 7) is 5.60. The highest BCUT2D eigenvalue weighted by Gasteiger charge is 2.00. The largest absolute Gasteiger partial charge is 0.494 e. The van der Waals surface area contributed by atoms with Crippen molar-refractivity contribution in [3.05, 3.63) is 59.7 Å². The molecular formula is C19H24N2OS. The topological polar surface area (TPSA) is 33.3 Å². The summed E-state index contributed by atoms with van der Waals surface area (Å²) >= 11 is 5.33. The third-order valence-electron chi connectivity index (χ3n) is 3.41. The molecule has 3 nitrogen and oxygen atoms in total. The van der Waals surface area contributed by atoms with Gasteiger partial charge in [0, 0.05) is 18.3 Å². The van der Waals surface area contributed by atoms with Crippen LogP contribution in [-0.4, -0.2) is 18.3 Å². The van der Waals surface area contributed by atoms with Gasteiger partial charge in [0.1, 0.15) is 5.75 Å². The first kappa shape index (κ1) is 17.3. The quantitative estimate of drug-likeness (QED) is 0.586. The summed E-state index contributed by atoms with van der Waals surface area (Å²) in [6, 6.07) is 16.4. The molecule has 0 atom stereocenters. The number of hydrogen-bond donors (Lipinski definition) is 2. The van der Waals surface area contributed by atoms with Crippen LogP contribution < -0.4 is 15.4 Å². The zero-order valence-electron chi connectivity index (χ0n) is 13.8. The highest BCUT2D eigenvalue weighted by Crippen LogP contribution is 2.17. The molecular weight excluding hydrogens is 304 g/mol. The molecule has 2 aromatic carbocycles. The summed E-state index contributed by atoms with van der Waals surface area (Å²) in [5.41, 5.74) is 3.61. The normalized spacial score (nSPS) is 10.2. The van der Waals surface area contributed by atoms with Gasteiger partial charge >= 0.3 is 0 Å². The molecule has 4 heteroatoms. The molecule has 0 saturated heterocycles. The van der Waals surface area contributed by atoms with Gasteiger partial charge in [0.25, 0.3) is 0 Å². The molecule has 2 rings (SSSR count). The number of anilines is 1. The van der Waals surface area contributed by atoms with Crippen LogP contribution in [0.1, 0.15) is 24.5 Å². The second kappa shape index (κ2) is 9.16. The van der Waals surface area contributed by atoms with E-state index in [4.69, 9.17) is 17.0 Å². The molecule has 0 aliphatic rings. The van der Waals surface area contributed by atoms with Gasteiger partial charge in [-0.1, -0.05) is 35.9 Å². The lowest BCUT2D eigenvalue weighted by molar-refractivity contribution is 0.340. The Balaban J connectivity index is 1.71. The SMILES string of the molecule is CCOc1cccc(NC(=S)NCCCc2cccc(C)c2)c1. The van der Waals surface area contributed by atoms with Crippen LogP contribution in [-0.2, 0) is 6.42 Å². The Bertz CT molecular complexity index is 643. The Labute approximate surface area is 144 Å². The summed E-state index contributed by atoms with van der Waals surface area (Å²) in [5.74, 6) is 0.847. The van der Waals surface area contributed by atoms with Crippen molar-refractivity contribution in [1.82, 2.24) is 5.32 Å². The van der Waals surface area contributed by atoms with E-state index in [1.165, 1.54) is 11.1 Å². The average molecular weight is 328 g/mol. The van der Waals surface area contributed by atoms with Crippen molar-refractivity contribution in [2.75, 3.05) is 18.5 Å².